The van der Waals surface area contributed by atoms with E-state index in [0.717, 1.165) is 33.8 Å². The van der Waals surface area contributed by atoms with Crippen LogP contribution in [0, 0.1) is 13.8 Å². The second-order valence-corrected chi connectivity index (χ2v) is 12.0. The van der Waals surface area contributed by atoms with E-state index in [1.165, 1.54) is 17.0 Å². The van der Waals surface area contributed by atoms with Gasteiger partial charge in [-0.2, -0.15) is 0 Å². The summed E-state index contributed by atoms with van der Waals surface area (Å²) >= 11 is 0. The van der Waals surface area contributed by atoms with E-state index in [4.69, 9.17) is 4.74 Å². The monoisotopic (exact) mass is 579 g/mol. The molecule has 0 saturated carbocycles. The molecule has 0 saturated heterocycles. The number of nitrogens with one attached hydrogen (secondary N) is 1. The number of anilines is 1. The molecule has 0 radical (unpaired) electrons. The molecule has 0 aliphatic heterocycles. The lowest BCUT2D eigenvalue weighted by atomic mass is 10.1. The summed E-state index contributed by atoms with van der Waals surface area (Å²) in [5, 5.41) is 2.95. The third-order valence-corrected chi connectivity index (χ3v) is 8.62. The van der Waals surface area contributed by atoms with E-state index >= 15 is 0 Å². The predicted molar refractivity (Wildman–Crippen MR) is 162 cm³/mol. The first-order valence-electron chi connectivity index (χ1n) is 14.0. The maximum absolute atomic E-state index is 14.2. The molecule has 9 heteroatoms. The van der Waals surface area contributed by atoms with Crippen molar-refractivity contribution in [1.29, 1.82) is 0 Å². The van der Waals surface area contributed by atoms with Gasteiger partial charge in [-0.3, -0.25) is 13.9 Å². The second kappa shape index (κ2) is 14.7. The average Bonchev–Trinajstić information content (AvgIpc) is 2.96. The number of sulfonamides is 1. The number of ether oxygens (including phenoxy) is 1. The number of rotatable bonds is 14. The fraction of sp³-hybridized carbons (Fsp3) is 0.375. The number of methoxy groups -OCH3 is 1. The molecule has 3 rings (SSSR count). The van der Waals surface area contributed by atoms with Crippen molar-refractivity contribution in [2.45, 2.75) is 64.4 Å². The lowest BCUT2D eigenvalue weighted by molar-refractivity contribution is -0.140. The summed E-state index contributed by atoms with van der Waals surface area (Å²) in [5.74, 6) is -0.0606. The normalized spacial score (nSPS) is 11.9. The van der Waals surface area contributed by atoms with Crippen LogP contribution in [0.4, 0.5) is 5.69 Å². The first-order chi connectivity index (χ1) is 19.6. The summed E-state index contributed by atoms with van der Waals surface area (Å²) in [5.41, 5.74) is 2.93. The maximum Gasteiger partial charge on any atom is 0.264 e. The summed E-state index contributed by atoms with van der Waals surface area (Å²) in [6.07, 6.45) is 2.12. The molecule has 3 aromatic rings. The summed E-state index contributed by atoms with van der Waals surface area (Å²) < 4.78 is 34.3. The Labute approximate surface area is 244 Å². The van der Waals surface area contributed by atoms with Gasteiger partial charge < -0.3 is 15.0 Å². The van der Waals surface area contributed by atoms with Gasteiger partial charge >= 0.3 is 0 Å². The van der Waals surface area contributed by atoms with Crippen LogP contribution in [-0.4, -0.2) is 51.4 Å². The number of carbonyl (C=O) groups excluding carboxylic acids is 2. The molecule has 3 aromatic carbocycles. The average molecular weight is 580 g/mol. The highest BCUT2D eigenvalue weighted by Gasteiger charge is 2.33. The molecular weight excluding hydrogens is 538 g/mol. The van der Waals surface area contributed by atoms with Crippen molar-refractivity contribution >= 4 is 27.5 Å². The molecule has 0 bridgehead atoms. The largest absolute Gasteiger partial charge is 0.497 e. The van der Waals surface area contributed by atoms with Gasteiger partial charge in [-0.1, -0.05) is 56.7 Å². The Kier molecular flexibility index (Phi) is 11.3. The molecule has 8 nitrogen and oxygen atoms in total. The minimum atomic E-state index is -4.10. The van der Waals surface area contributed by atoms with Crippen LogP contribution in [0.3, 0.4) is 0 Å². The summed E-state index contributed by atoms with van der Waals surface area (Å²) in [7, 11) is -2.52. The zero-order valence-electron chi connectivity index (χ0n) is 24.6. The van der Waals surface area contributed by atoms with Crippen molar-refractivity contribution in [3.63, 3.8) is 0 Å². The van der Waals surface area contributed by atoms with E-state index in [9.17, 15) is 18.0 Å². The van der Waals surface area contributed by atoms with E-state index in [-0.39, 0.29) is 17.3 Å². The van der Waals surface area contributed by atoms with Crippen LogP contribution in [0.5, 0.6) is 5.75 Å². The summed E-state index contributed by atoms with van der Waals surface area (Å²) in [6.45, 7) is 7.83. The van der Waals surface area contributed by atoms with Crippen molar-refractivity contribution in [3.05, 3.63) is 89.5 Å². The molecule has 2 amide bonds. The minimum absolute atomic E-state index is 0.0815. The molecule has 0 fully saturated rings. The lowest BCUT2D eigenvalue weighted by Gasteiger charge is -2.33. The minimum Gasteiger partial charge on any atom is -0.497 e. The second-order valence-electron chi connectivity index (χ2n) is 10.1. The highest BCUT2D eigenvalue weighted by atomic mass is 32.2. The molecule has 1 N–H and O–H groups in total. The highest BCUT2D eigenvalue weighted by molar-refractivity contribution is 7.92. The van der Waals surface area contributed by atoms with Gasteiger partial charge in [0.1, 0.15) is 18.3 Å². The molecule has 0 aliphatic carbocycles. The fourth-order valence-electron chi connectivity index (χ4n) is 4.70. The highest BCUT2D eigenvalue weighted by Crippen LogP contribution is 2.27. The zero-order valence-corrected chi connectivity index (χ0v) is 25.4. The third kappa shape index (κ3) is 8.33. The van der Waals surface area contributed by atoms with Gasteiger partial charge in [-0.15, -0.1) is 0 Å². The number of benzene rings is 3. The molecular formula is C32H41N3O5S. The van der Waals surface area contributed by atoms with E-state index in [1.54, 1.807) is 49.6 Å². The van der Waals surface area contributed by atoms with Crippen LogP contribution < -0.4 is 14.4 Å². The molecule has 41 heavy (non-hydrogen) atoms. The van der Waals surface area contributed by atoms with Crippen molar-refractivity contribution < 1.29 is 22.7 Å². The Morgan fingerprint density at radius 2 is 1.56 bits per heavy atom. The fourth-order valence-corrected chi connectivity index (χ4v) is 6.12. The number of hydrogen-bond donors (Lipinski definition) is 1. The lowest BCUT2D eigenvalue weighted by Crippen LogP contribution is -2.52. The Hall–Kier alpha value is -3.85. The number of carbonyl (C=O) groups is 2. The van der Waals surface area contributed by atoms with Crippen molar-refractivity contribution in [2.24, 2.45) is 0 Å². The van der Waals surface area contributed by atoms with Crippen LogP contribution in [0.2, 0.25) is 0 Å². The van der Waals surface area contributed by atoms with Gasteiger partial charge in [0.15, 0.2) is 0 Å². The number of aryl methyl sites for hydroxylation is 2. The van der Waals surface area contributed by atoms with Crippen molar-refractivity contribution in [1.82, 2.24) is 10.2 Å². The molecule has 0 spiro atoms. The smallest absolute Gasteiger partial charge is 0.264 e. The van der Waals surface area contributed by atoms with Crippen LogP contribution >= 0.6 is 0 Å². The Morgan fingerprint density at radius 1 is 0.927 bits per heavy atom. The van der Waals surface area contributed by atoms with Gasteiger partial charge in [-0.05, 0) is 79.8 Å². The standard InChI is InChI=1S/C32H41N3O5S/c1-6-8-18-33-32(37)30(7-2)34(22-26-14-16-28(40-5)17-15-26)31(36)23-35(27-20-24(3)19-25(4)21-27)41(38,39)29-12-10-9-11-13-29/h9-17,19-21,30H,6-8,18,22-23H2,1-5H3,(H,33,37). The van der Waals surface area contributed by atoms with E-state index < -0.39 is 28.5 Å². The quantitative estimate of drug-likeness (QED) is 0.264. The van der Waals surface area contributed by atoms with Crippen molar-refractivity contribution in [2.75, 3.05) is 24.5 Å². The predicted octanol–water partition coefficient (Wildman–Crippen LogP) is 5.23. The van der Waals surface area contributed by atoms with Gasteiger partial charge in [0.25, 0.3) is 10.0 Å². The third-order valence-electron chi connectivity index (χ3n) is 6.83. The Balaban J connectivity index is 2.05. The van der Waals surface area contributed by atoms with Crippen LogP contribution in [0.1, 0.15) is 49.8 Å². The summed E-state index contributed by atoms with van der Waals surface area (Å²) in [6, 6.07) is 20.0. The molecule has 0 heterocycles. The van der Waals surface area contributed by atoms with Gasteiger partial charge in [0, 0.05) is 13.1 Å². The molecule has 220 valence electrons. The van der Waals surface area contributed by atoms with Crippen LogP contribution in [0.25, 0.3) is 0 Å². The molecule has 1 unspecified atom stereocenters. The number of unbranched alkanes of at least 4 members (excludes halogenated alkanes) is 1. The van der Waals surface area contributed by atoms with Gasteiger partial charge in [0.2, 0.25) is 11.8 Å². The SMILES string of the molecule is CCCCNC(=O)C(CC)N(Cc1ccc(OC)cc1)C(=O)CN(c1cc(C)cc(C)c1)S(=O)(=O)c1ccccc1. The first kappa shape index (κ1) is 31.7. The van der Waals surface area contributed by atoms with Crippen molar-refractivity contribution in [3.8, 4) is 5.75 Å². The van der Waals surface area contributed by atoms with Crippen LogP contribution in [-0.2, 0) is 26.2 Å². The Bertz CT molecular complexity index is 1390. The van der Waals surface area contributed by atoms with Gasteiger partial charge in [0.05, 0.1) is 17.7 Å². The summed E-state index contributed by atoms with van der Waals surface area (Å²) in [4.78, 5) is 29.0. The number of amides is 2. The zero-order chi connectivity index (χ0) is 30.0. The first-order valence-corrected chi connectivity index (χ1v) is 15.4. The number of hydrogen-bond acceptors (Lipinski definition) is 5. The molecule has 1 atom stereocenters. The maximum atomic E-state index is 14.2. The molecule has 0 aromatic heterocycles. The van der Waals surface area contributed by atoms with E-state index in [2.05, 4.69) is 5.32 Å². The van der Waals surface area contributed by atoms with Crippen LogP contribution in [0.15, 0.2) is 77.7 Å². The molecule has 0 aliphatic rings. The Morgan fingerprint density at radius 3 is 2.12 bits per heavy atom. The number of nitrogens with zero attached hydrogens (tertiary/aromatic N) is 2. The van der Waals surface area contributed by atoms with E-state index in [0.29, 0.717) is 24.4 Å². The topological polar surface area (TPSA) is 96.0 Å². The van der Waals surface area contributed by atoms with E-state index in [1.807, 2.05) is 45.9 Å². The van der Waals surface area contributed by atoms with Gasteiger partial charge in [-0.25, -0.2) is 8.42 Å².